The number of nitrogens with zero attached hydrogens (tertiary/aromatic N) is 4. The molecule has 0 bridgehead atoms. The summed E-state index contributed by atoms with van der Waals surface area (Å²) in [5, 5.41) is 1.27. The lowest BCUT2D eigenvalue weighted by atomic mass is 10.2. The van der Waals surface area contributed by atoms with Crippen molar-refractivity contribution in [2.24, 2.45) is 0 Å². The first-order valence-corrected chi connectivity index (χ1v) is 9.03. The Morgan fingerprint density at radius 2 is 1.80 bits per heavy atom. The molecule has 0 amide bonds. The number of para-hydroxylation sites is 1. The monoisotopic (exact) mass is 341 g/mol. The summed E-state index contributed by atoms with van der Waals surface area (Å²) >= 11 is 1.80. The lowest BCUT2D eigenvalue weighted by molar-refractivity contribution is -0.645. The summed E-state index contributed by atoms with van der Waals surface area (Å²) in [6.07, 6.45) is 7.71. The van der Waals surface area contributed by atoms with Crippen molar-refractivity contribution in [2.75, 3.05) is 0 Å². The molecule has 0 saturated carbocycles. The van der Waals surface area contributed by atoms with E-state index >= 15 is 0 Å². The standard InChI is InChI=1S/C20H13N4S/c1-2-4-14(5-3-1)24-19-16-10-21-8-6-13(16)12-23(19)18-15-7-9-22-11-17(15)25-20(18)24/h1-11H,12H2/q+1. The van der Waals surface area contributed by atoms with Gasteiger partial charge in [0.15, 0.2) is 5.52 Å². The van der Waals surface area contributed by atoms with Crippen molar-refractivity contribution >= 4 is 31.8 Å². The molecular weight excluding hydrogens is 328 g/mol. The minimum Gasteiger partial charge on any atom is -0.264 e. The van der Waals surface area contributed by atoms with Crippen molar-refractivity contribution in [3.05, 3.63) is 72.8 Å². The number of aromatic nitrogens is 4. The van der Waals surface area contributed by atoms with Gasteiger partial charge < -0.3 is 0 Å². The molecular formula is C20H13N4S+. The van der Waals surface area contributed by atoms with Crippen LogP contribution in [0.2, 0.25) is 0 Å². The van der Waals surface area contributed by atoms with Crippen LogP contribution in [0, 0.1) is 0 Å². The highest BCUT2D eigenvalue weighted by molar-refractivity contribution is 7.25. The molecule has 0 aliphatic carbocycles. The predicted molar refractivity (Wildman–Crippen MR) is 99.0 cm³/mol. The third-order valence-electron chi connectivity index (χ3n) is 4.88. The van der Waals surface area contributed by atoms with Crippen molar-refractivity contribution in [1.29, 1.82) is 0 Å². The van der Waals surface area contributed by atoms with Gasteiger partial charge in [-0.25, -0.2) is 4.57 Å². The van der Waals surface area contributed by atoms with E-state index in [4.69, 9.17) is 0 Å². The molecule has 0 fully saturated rings. The average Bonchev–Trinajstić information content (AvgIpc) is 3.29. The Kier molecular flexibility index (Phi) is 2.51. The normalized spacial score (nSPS) is 12.6. The maximum atomic E-state index is 4.37. The van der Waals surface area contributed by atoms with Crippen LogP contribution < -0.4 is 4.57 Å². The SMILES string of the molecule is c1ccc(-n2c3[n+](c4c5ccncc5sc42)Cc2ccncc2-3)cc1. The summed E-state index contributed by atoms with van der Waals surface area (Å²) in [4.78, 5) is 9.94. The number of pyridine rings is 2. The Labute approximate surface area is 147 Å². The van der Waals surface area contributed by atoms with Crippen LogP contribution in [0.15, 0.2) is 67.3 Å². The number of hydrogen-bond donors (Lipinski definition) is 0. The number of thiophene rings is 1. The number of benzene rings is 1. The summed E-state index contributed by atoms with van der Waals surface area (Å²) in [5.74, 6) is 1.22. The van der Waals surface area contributed by atoms with Crippen LogP contribution in [0.1, 0.15) is 5.56 Å². The first kappa shape index (κ1) is 13.3. The van der Waals surface area contributed by atoms with Gasteiger partial charge in [-0.2, -0.15) is 4.57 Å². The molecule has 1 aliphatic heterocycles. The lowest BCUT2D eigenvalue weighted by Crippen LogP contribution is -2.31. The van der Waals surface area contributed by atoms with E-state index in [1.54, 1.807) is 11.3 Å². The van der Waals surface area contributed by atoms with Crippen LogP contribution >= 0.6 is 11.3 Å². The van der Waals surface area contributed by atoms with Crippen LogP contribution in [0.4, 0.5) is 0 Å². The second kappa shape index (κ2) is 4.74. The van der Waals surface area contributed by atoms with Gasteiger partial charge >= 0.3 is 0 Å². The third-order valence-corrected chi connectivity index (χ3v) is 6.00. The Balaban J connectivity index is 1.83. The van der Waals surface area contributed by atoms with Gasteiger partial charge in [-0.1, -0.05) is 29.5 Å². The van der Waals surface area contributed by atoms with Crippen molar-refractivity contribution in [1.82, 2.24) is 14.5 Å². The largest absolute Gasteiger partial charge is 0.298 e. The second-order valence-electron chi connectivity index (χ2n) is 6.24. The van der Waals surface area contributed by atoms with E-state index in [0.717, 1.165) is 6.54 Å². The van der Waals surface area contributed by atoms with Crippen LogP contribution in [-0.4, -0.2) is 14.5 Å². The molecule has 1 aliphatic rings. The van der Waals surface area contributed by atoms with Gasteiger partial charge in [0, 0.05) is 35.7 Å². The average molecular weight is 341 g/mol. The zero-order valence-corrected chi connectivity index (χ0v) is 14.1. The molecule has 0 unspecified atom stereocenters. The molecule has 5 aromatic rings. The van der Waals surface area contributed by atoms with E-state index < -0.39 is 0 Å². The quantitative estimate of drug-likeness (QED) is 0.424. The second-order valence-corrected chi connectivity index (χ2v) is 7.27. The fourth-order valence-electron chi connectivity index (χ4n) is 3.83. The Hall–Kier alpha value is -3.05. The lowest BCUT2D eigenvalue weighted by Gasteiger charge is -2.00. The van der Waals surface area contributed by atoms with Crippen LogP contribution in [0.25, 0.3) is 37.5 Å². The van der Waals surface area contributed by atoms with E-state index in [1.807, 2.05) is 24.8 Å². The predicted octanol–water partition coefficient (Wildman–Crippen LogP) is 3.95. The molecule has 4 aromatic heterocycles. The van der Waals surface area contributed by atoms with E-state index in [2.05, 4.69) is 61.6 Å². The Bertz CT molecular complexity index is 1270. The summed E-state index contributed by atoms with van der Waals surface area (Å²) in [7, 11) is 0. The molecule has 0 radical (unpaired) electrons. The summed E-state index contributed by atoms with van der Waals surface area (Å²) in [6, 6.07) is 14.8. The van der Waals surface area contributed by atoms with Gasteiger partial charge in [-0.15, -0.1) is 0 Å². The zero-order valence-electron chi connectivity index (χ0n) is 13.3. The third kappa shape index (κ3) is 1.68. The van der Waals surface area contributed by atoms with Gasteiger partial charge in [0.25, 0.3) is 5.82 Å². The zero-order chi connectivity index (χ0) is 16.4. The van der Waals surface area contributed by atoms with Crippen LogP contribution in [-0.2, 0) is 6.54 Å². The van der Waals surface area contributed by atoms with Crippen LogP contribution in [0.3, 0.4) is 0 Å². The van der Waals surface area contributed by atoms with Gasteiger partial charge in [-0.3, -0.25) is 9.97 Å². The molecule has 0 spiro atoms. The highest BCUT2D eigenvalue weighted by atomic mass is 32.1. The minimum atomic E-state index is 0.887. The number of rotatable bonds is 1. The van der Waals surface area contributed by atoms with Crippen molar-refractivity contribution < 1.29 is 4.57 Å². The van der Waals surface area contributed by atoms with Gasteiger partial charge in [-0.05, 0) is 24.3 Å². The maximum absolute atomic E-state index is 4.37. The maximum Gasteiger partial charge on any atom is 0.298 e. The summed E-state index contributed by atoms with van der Waals surface area (Å²) < 4.78 is 6.02. The van der Waals surface area contributed by atoms with E-state index in [1.165, 1.54) is 43.1 Å². The van der Waals surface area contributed by atoms with Crippen molar-refractivity contribution in [3.63, 3.8) is 0 Å². The van der Waals surface area contributed by atoms with Gasteiger partial charge in [0.05, 0.1) is 10.3 Å². The van der Waals surface area contributed by atoms with Gasteiger partial charge in [0.2, 0.25) is 4.83 Å². The van der Waals surface area contributed by atoms with E-state index in [9.17, 15) is 0 Å². The summed E-state index contributed by atoms with van der Waals surface area (Å²) in [5.41, 5.74) is 5.01. The molecule has 118 valence electrons. The molecule has 0 atom stereocenters. The molecule has 5 heteroatoms. The Morgan fingerprint density at radius 3 is 2.72 bits per heavy atom. The molecule has 6 rings (SSSR count). The fraction of sp³-hybridized carbons (Fsp3) is 0.0500. The number of imidazole rings is 1. The van der Waals surface area contributed by atoms with Crippen molar-refractivity contribution in [2.45, 2.75) is 6.54 Å². The smallest absolute Gasteiger partial charge is 0.264 e. The first-order valence-electron chi connectivity index (χ1n) is 8.21. The topological polar surface area (TPSA) is 34.6 Å². The molecule has 1 aromatic carbocycles. The van der Waals surface area contributed by atoms with Gasteiger partial charge in [0.1, 0.15) is 12.2 Å². The molecule has 4 nitrogen and oxygen atoms in total. The number of hydrogen-bond acceptors (Lipinski definition) is 3. The summed E-state index contributed by atoms with van der Waals surface area (Å²) in [6.45, 7) is 0.887. The van der Waals surface area contributed by atoms with Crippen LogP contribution in [0.5, 0.6) is 0 Å². The minimum absolute atomic E-state index is 0.887. The van der Waals surface area contributed by atoms with E-state index in [-0.39, 0.29) is 0 Å². The molecule has 25 heavy (non-hydrogen) atoms. The first-order chi connectivity index (χ1) is 12.4. The highest BCUT2D eigenvalue weighted by Crippen LogP contribution is 2.39. The Morgan fingerprint density at radius 1 is 0.960 bits per heavy atom. The fourth-order valence-corrected chi connectivity index (χ4v) is 5.03. The number of fused-ring (bicyclic) bond motifs is 7. The molecule has 5 heterocycles. The highest BCUT2D eigenvalue weighted by Gasteiger charge is 2.37. The van der Waals surface area contributed by atoms with E-state index in [0.29, 0.717) is 0 Å². The molecule has 0 saturated heterocycles. The molecule has 0 N–H and O–H groups in total. The van der Waals surface area contributed by atoms with Crippen molar-refractivity contribution in [3.8, 4) is 17.1 Å².